The van der Waals surface area contributed by atoms with Crippen LogP contribution in [0.1, 0.15) is 5.76 Å². The van der Waals surface area contributed by atoms with E-state index in [2.05, 4.69) is 10.7 Å². The maximum absolute atomic E-state index is 12.5. The summed E-state index contributed by atoms with van der Waals surface area (Å²) >= 11 is 10.9. The highest BCUT2D eigenvalue weighted by Crippen LogP contribution is 2.32. The van der Waals surface area contributed by atoms with Crippen LogP contribution in [0.5, 0.6) is 0 Å². The van der Waals surface area contributed by atoms with Gasteiger partial charge in [-0.3, -0.25) is 35.2 Å². The largest absolute Gasteiger partial charge is 0.433 e. The molecule has 1 fully saturated rings. The number of hydrogen-bond donors (Lipinski definition) is 2. The number of hydrogen-bond acceptors (Lipinski definition) is 10. The van der Waals surface area contributed by atoms with Crippen LogP contribution < -0.4 is 10.7 Å². The zero-order valence-electron chi connectivity index (χ0n) is 15.0. The third kappa shape index (κ3) is 5.08. The molecule has 1 aliphatic heterocycles. The first-order valence-corrected chi connectivity index (χ1v) is 9.67. The highest BCUT2D eigenvalue weighted by Gasteiger charge is 2.34. The molecule has 158 valence electrons. The van der Waals surface area contributed by atoms with Gasteiger partial charge in [-0.2, -0.15) is 5.01 Å². The van der Waals surface area contributed by atoms with Crippen molar-refractivity contribution in [2.75, 3.05) is 5.32 Å². The molecule has 15 heteroatoms. The van der Waals surface area contributed by atoms with Crippen LogP contribution in [0.25, 0.3) is 6.08 Å². The van der Waals surface area contributed by atoms with Gasteiger partial charge < -0.3 is 9.73 Å². The summed E-state index contributed by atoms with van der Waals surface area (Å²) in [5.41, 5.74) is 2.31. The number of hydrazine groups is 1. The van der Waals surface area contributed by atoms with Crippen molar-refractivity contribution in [1.29, 1.82) is 0 Å². The lowest BCUT2D eigenvalue weighted by atomic mass is 10.3. The van der Waals surface area contributed by atoms with Crippen LogP contribution in [0.3, 0.4) is 0 Å². The number of anilines is 1. The Morgan fingerprint density at radius 2 is 1.94 bits per heavy atom. The zero-order chi connectivity index (χ0) is 22.7. The number of rotatable bonds is 5. The van der Waals surface area contributed by atoms with Crippen molar-refractivity contribution in [2.45, 2.75) is 0 Å². The number of nitrogens with one attached hydrogen (secondary N) is 2. The molecule has 0 bridgehead atoms. The van der Waals surface area contributed by atoms with E-state index >= 15 is 0 Å². The fourth-order valence-electron chi connectivity index (χ4n) is 2.25. The molecule has 31 heavy (non-hydrogen) atoms. The average Bonchev–Trinajstić information content (AvgIpc) is 3.29. The van der Waals surface area contributed by atoms with Crippen LogP contribution >= 0.6 is 36.2 Å². The molecule has 0 spiro atoms. The fraction of sp³-hybridized carbons (Fsp3) is 0. The predicted octanol–water partition coefficient (Wildman–Crippen LogP) is 2.77. The molecule has 2 amide bonds. The molecule has 1 aromatic carbocycles. The van der Waals surface area contributed by atoms with E-state index in [0.29, 0.717) is 0 Å². The molecule has 0 aliphatic carbocycles. The third-order valence-electron chi connectivity index (χ3n) is 3.59. The van der Waals surface area contributed by atoms with E-state index in [0.717, 1.165) is 28.9 Å². The van der Waals surface area contributed by atoms with Gasteiger partial charge in [0.2, 0.25) is 0 Å². The molecule has 2 aromatic rings. The summed E-state index contributed by atoms with van der Waals surface area (Å²) in [5, 5.41) is 24.7. The summed E-state index contributed by atoms with van der Waals surface area (Å²) < 4.78 is 5.01. The molecule has 1 saturated heterocycles. The highest BCUT2D eigenvalue weighted by molar-refractivity contribution is 8.26. The monoisotopic (exact) mass is 479 g/mol. The van der Waals surface area contributed by atoms with Crippen LogP contribution in [0.15, 0.2) is 45.7 Å². The summed E-state index contributed by atoms with van der Waals surface area (Å²) in [7, 11) is 0. The van der Waals surface area contributed by atoms with Crippen molar-refractivity contribution in [2.24, 2.45) is 0 Å². The summed E-state index contributed by atoms with van der Waals surface area (Å²) in [5.74, 6) is -1.90. The minimum Gasteiger partial charge on any atom is -0.401 e. The van der Waals surface area contributed by atoms with Crippen LogP contribution in [0.2, 0.25) is 0 Å². The third-order valence-corrected chi connectivity index (χ3v) is 5.17. The Labute approximate surface area is 187 Å². The van der Waals surface area contributed by atoms with Gasteiger partial charge in [0.15, 0.2) is 9.31 Å². The molecule has 12 nitrogen and oxygen atoms in total. The highest BCUT2D eigenvalue weighted by atomic mass is 32.2. The van der Waals surface area contributed by atoms with Crippen molar-refractivity contribution in [3.05, 3.63) is 67.3 Å². The summed E-state index contributed by atoms with van der Waals surface area (Å²) in [6, 6.07) is 7.67. The number of benzene rings is 1. The molecular weight excluding hydrogens is 470 g/mol. The molecule has 2 N–H and O–H groups in total. The second-order valence-electron chi connectivity index (χ2n) is 5.65. The lowest BCUT2D eigenvalue weighted by Gasteiger charge is -2.17. The second kappa shape index (κ2) is 8.99. The Hall–Kier alpha value is -3.69. The number of amides is 2. The second-order valence-corrected chi connectivity index (χ2v) is 7.74. The van der Waals surface area contributed by atoms with Crippen molar-refractivity contribution in [3.8, 4) is 0 Å². The molecule has 1 aromatic heterocycles. The smallest absolute Gasteiger partial charge is 0.401 e. The lowest BCUT2D eigenvalue weighted by Crippen LogP contribution is -2.48. The number of non-ortho nitro benzene ring substituents is 1. The van der Waals surface area contributed by atoms with Gasteiger partial charge in [-0.1, -0.05) is 30.0 Å². The van der Waals surface area contributed by atoms with E-state index < -0.39 is 32.5 Å². The predicted molar refractivity (Wildman–Crippen MR) is 118 cm³/mol. The number of thioether (sulfide) groups is 1. The number of carbonyl (C=O) groups is 2. The molecule has 0 radical (unpaired) electrons. The first kappa shape index (κ1) is 22.0. The van der Waals surface area contributed by atoms with Crippen molar-refractivity contribution >= 4 is 80.7 Å². The zero-order valence-corrected chi connectivity index (χ0v) is 17.4. The van der Waals surface area contributed by atoms with Crippen molar-refractivity contribution < 1.29 is 23.9 Å². The average molecular weight is 479 g/mol. The standard InChI is InChI=1S/C16H9N5O7S3/c22-13(17-8-2-1-3-9(6-8)20(24)25)14(29)18-19-15(23)11(31-16(19)30)7-10-4-5-12(28-10)21(26)27/h1-7H,(H,17,22)(H,18,29)/b11-7+. The summed E-state index contributed by atoms with van der Waals surface area (Å²) in [6.07, 6.45) is 1.26. The topological polar surface area (TPSA) is 161 Å². The number of furan rings is 1. The molecular formula is C16H9N5O7S3. The van der Waals surface area contributed by atoms with Gasteiger partial charge in [0.1, 0.15) is 10.7 Å². The van der Waals surface area contributed by atoms with E-state index in [1.165, 1.54) is 30.3 Å². The lowest BCUT2D eigenvalue weighted by molar-refractivity contribution is -0.402. The molecule has 0 atom stereocenters. The first-order chi connectivity index (χ1) is 14.7. The molecule has 0 unspecified atom stereocenters. The normalized spacial score (nSPS) is 14.6. The quantitative estimate of drug-likeness (QED) is 0.281. The number of nitro benzene ring substituents is 1. The van der Waals surface area contributed by atoms with Crippen LogP contribution in [0.4, 0.5) is 17.3 Å². The number of carbonyl (C=O) groups excluding carboxylic acids is 2. The van der Waals surface area contributed by atoms with Crippen molar-refractivity contribution in [1.82, 2.24) is 10.4 Å². The number of nitro groups is 2. The van der Waals surface area contributed by atoms with E-state index in [-0.39, 0.29) is 26.4 Å². The van der Waals surface area contributed by atoms with E-state index in [1.54, 1.807) is 0 Å². The molecule has 2 heterocycles. The Balaban J connectivity index is 1.67. The Kier molecular flexibility index (Phi) is 6.38. The van der Waals surface area contributed by atoms with Gasteiger partial charge >= 0.3 is 5.88 Å². The number of thiocarbonyl (C=S) groups is 2. The number of nitrogens with zero attached hydrogens (tertiary/aromatic N) is 3. The molecule has 1 aliphatic rings. The Morgan fingerprint density at radius 3 is 2.58 bits per heavy atom. The van der Waals surface area contributed by atoms with Gasteiger partial charge in [-0.15, -0.1) is 0 Å². The Morgan fingerprint density at radius 1 is 1.19 bits per heavy atom. The minimum atomic E-state index is -0.824. The minimum absolute atomic E-state index is 0.0304. The van der Waals surface area contributed by atoms with Gasteiger partial charge in [-0.25, -0.2) is 0 Å². The van der Waals surface area contributed by atoms with Crippen LogP contribution in [-0.4, -0.2) is 36.0 Å². The molecule has 0 saturated carbocycles. The van der Waals surface area contributed by atoms with E-state index in [4.69, 9.17) is 28.9 Å². The van der Waals surface area contributed by atoms with Gasteiger partial charge in [0, 0.05) is 23.9 Å². The van der Waals surface area contributed by atoms with Crippen LogP contribution in [0, 0.1) is 20.2 Å². The first-order valence-electron chi connectivity index (χ1n) is 8.04. The van der Waals surface area contributed by atoms with Gasteiger partial charge in [-0.05, 0) is 24.4 Å². The maximum Gasteiger partial charge on any atom is 0.433 e. The SMILES string of the molecule is O=C(Nc1cccc([N+](=O)[O-])c1)C(=S)NN1C(=O)/C(=C\c2ccc([N+](=O)[O-])o2)SC1=S. The van der Waals surface area contributed by atoms with Crippen molar-refractivity contribution in [3.63, 3.8) is 0 Å². The van der Waals surface area contributed by atoms with E-state index in [9.17, 15) is 29.8 Å². The van der Waals surface area contributed by atoms with Gasteiger partial charge in [0.25, 0.3) is 17.5 Å². The van der Waals surface area contributed by atoms with Crippen LogP contribution in [-0.2, 0) is 9.59 Å². The van der Waals surface area contributed by atoms with Gasteiger partial charge in [0.05, 0.1) is 15.9 Å². The Bertz CT molecular complexity index is 1180. The van der Waals surface area contributed by atoms with E-state index in [1.807, 2.05) is 0 Å². The summed E-state index contributed by atoms with van der Waals surface area (Å²) in [4.78, 5) is 44.6. The maximum atomic E-state index is 12.5. The fourth-order valence-corrected chi connectivity index (χ4v) is 3.55. The molecule has 3 rings (SSSR count). The summed E-state index contributed by atoms with van der Waals surface area (Å²) in [6.45, 7) is 0.